The molecule has 0 bridgehead atoms. The lowest BCUT2D eigenvalue weighted by atomic mass is 9.69. The highest BCUT2D eigenvalue weighted by Gasteiger charge is 2.33. The van der Waals surface area contributed by atoms with Crippen molar-refractivity contribution < 1.29 is 22.7 Å². The molecule has 1 aromatic rings. The van der Waals surface area contributed by atoms with Crippen molar-refractivity contribution in [1.29, 1.82) is 0 Å². The van der Waals surface area contributed by atoms with E-state index in [-0.39, 0.29) is 11.7 Å². The standard InChI is InChI=1S/C22H29F3O2/c1-2-3-14-4-6-15(7-5-14)16-8-10-17(11-9-16)22(26)27-18-12-19(23)21(25)20(24)13-18/h12-17H,2-11H2,1H3/t14?,15?,16-,17-. The van der Waals surface area contributed by atoms with Gasteiger partial charge in [0.25, 0.3) is 0 Å². The molecule has 0 unspecified atom stereocenters. The molecule has 0 spiro atoms. The zero-order valence-corrected chi connectivity index (χ0v) is 16.0. The Morgan fingerprint density at radius 1 is 0.926 bits per heavy atom. The first-order valence-corrected chi connectivity index (χ1v) is 10.3. The van der Waals surface area contributed by atoms with Crippen molar-refractivity contribution in [2.75, 3.05) is 0 Å². The van der Waals surface area contributed by atoms with Crippen molar-refractivity contribution in [3.8, 4) is 5.75 Å². The molecular formula is C22H29F3O2. The zero-order chi connectivity index (χ0) is 19.4. The van der Waals surface area contributed by atoms with Gasteiger partial charge in [0.05, 0.1) is 5.92 Å². The molecule has 27 heavy (non-hydrogen) atoms. The summed E-state index contributed by atoms with van der Waals surface area (Å²) in [5.41, 5.74) is 0. The lowest BCUT2D eigenvalue weighted by Crippen LogP contribution is -2.30. The quantitative estimate of drug-likeness (QED) is 0.334. The van der Waals surface area contributed by atoms with Crippen molar-refractivity contribution in [1.82, 2.24) is 0 Å². The van der Waals surface area contributed by atoms with Crippen LogP contribution in [0.15, 0.2) is 12.1 Å². The maximum absolute atomic E-state index is 13.3. The summed E-state index contributed by atoms with van der Waals surface area (Å²) in [6.45, 7) is 2.25. The molecule has 0 radical (unpaired) electrons. The maximum atomic E-state index is 13.3. The van der Waals surface area contributed by atoms with E-state index in [9.17, 15) is 18.0 Å². The highest BCUT2D eigenvalue weighted by molar-refractivity contribution is 5.75. The average molecular weight is 382 g/mol. The van der Waals surface area contributed by atoms with E-state index in [0.29, 0.717) is 5.92 Å². The third-order valence-electron chi connectivity index (χ3n) is 6.54. The molecule has 2 nitrogen and oxygen atoms in total. The molecule has 0 aromatic heterocycles. The monoisotopic (exact) mass is 382 g/mol. The molecule has 5 heteroatoms. The number of carbonyl (C=O) groups excluding carboxylic acids is 1. The SMILES string of the molecule is CCCC1CCC([C@H]2CC[C@H](C(=O)Oc3cc(F)c(F)c(F)c3)CC2)CC1. The molecule has 0 heterocycles. The van der Waals surface area contributed by atoms with Gasteiger partial charge in [0.1, 0.15) is 5.75 Å². The van der Waals surface area contributed by atoms with Crippen LogP contribution in [0.25, 0.3) is 0 Å². The first-order valence-electron chi connectivity index (χ1n) is 10.3. The third kappa shape index (κ3) is 5.05. The fraction of sp³-hybridized carbons (Fsp3) is 0.682. The molecule has 2 fully saturated rings. The van der Waals surface area contributed by atoms with Crippen LogP contribution in [0.2, 0.25) is 0 Å². The van der Waals surface area contributed by atoms with Gasteiger partial charge in [0, 0.05) is 12.1 Å². The molecule has 2 aliphatic rings. The fourth-order valence-corrected chi connectivity index (χ4v) is 4.97. The van der Waals surface area contributed by atoms with Gasteiger partial charge >= 0.3 is 5.97 Å². The number of carbonyl (C=O) groups is 1. The van der Waals surface area contributed by atoms with Gasteiger partial charge in [0.15, 0.2) is 17.5 Å². The van der Waals surface area contributed by atoms with Gasteiger partial charge in [-0.15, -0.1) is 0 Å². The van der Waals surface area contributed by atoms with Crippen LogP contribution in [-0.2, 0) is 4.79 Å². The number of benzene rings is 1. The number of esters is 1. The minimum atomic E-state index is -1.55. The highest BCUT2D eigenvalue weighted by Crippen LogP contribution is 2.42. The molecule has 0 amide bonds. The largest absolute Gasteiger partial charge is 0.426 e. The Hall–Kier alpha value is -1.52. The number of rotatable bonds is 5. The van der Waals surface area contributed by atoms with Gasteiger partial charge < -0.3 is 4.74 Å². The lowest BCUT2D eigenvalue weighted by Gasteiger charge is -2.37. The van der Waals surface area contributed by atoms with Crippen LogP contribution in [0.3, 0.4) is 0 Å². The van der Waals surface area contributed by atoms with Gasteiger partial charge in [-0.3, -0.25) is 4.79 Å². The van der Waals surface area contributed by atoms with Gasteiger partial charge in [-0.25, -0.2) is 13.2 Å². The molecule has 0 atom stereocenters. The molecule has 2 aliphatic carbocycles. The van der Waals surface area contributed by atoms with Gasteiger partial charge in [-0.05, 0) is 56.3 Å². The Balaban J connectivity index is 1.47. The summed E-state index contributed by atoms with van der Waals surface area (Å²) in [7, 11) is 0. The maximum Gasteiger partial charge on any atom is 0.314 e. The van der Waals surface area contributed by atoms with Crippen LogP contribution < -0.4 is 4.74 Å². The second-order valence-corrected chi connectivity index (χ2v) is 8.30. The van der Waals surface area contributed by atoms with Crippen molar-refractivity contribution in [3.63, 3.8) is 0 Å². The molecule has 0 saturated heterocycles. The van der Waals surface area contributed by atoms with E-state index in [1.165, 1.54) is 38.5 Å². The second kappa shape index (κ2) is 9.11. The summed E-state index contributed by atoms with van der Waals surface area (Å²) in [6, 6.07) is 1.44. The van der Waals surface area contributed by atoms with Crippen LogP contribution in [0.5, 0.6) is 5.75 Å². The number of ether oxygens (including phenoxy) is 1. The molecular weight excluding hydrogens is 353 g/mol. The normalized spacial score (nSPS) is 28.7. The number of hydrogen-bond donors (Lipinski definition) is 0. The Bertz CT molecular complexity index is 622. The van der Waals surface area contributed by atoms with Crippen LogP contribution in [0, 0.1) is 41.1 Å². The zero-order valence-electron chi connectivity index (χ0n) is 16.0. The van der Waals surface area contributed by atoms with E-state index in [4.69, 9.17) is 4.74 Å². The molecule has 1 aromatic carbocycles. The Morgan fingerprint density at radius 2 is 1.44 bits per heavy atom. The first-order chi connectivity index (χ1) is 13.0. The van der Waals surface area contributed by atoms with Crippen LogP contribution in [0.4, 0.5) is 13.2 Å². The topological polar surface area (TPSA) is 26.3 Å². The molecule has 150 valence electrons. The molecule has 3 rings (SSSR count). The Labute approximate surface area is 159 Å². The van der Waals surface area contributed by atoms with E-state index < -0.39 is 23.4 Å². The second-order valence-electron chi connectivity index (χ2n) is 8.30. The van der Waals surface area contributed by atoms with E-state index in [1.54, 1.807) is 0 Å². The molecule has 2 saturated carbocycles. The Kier molecular flexibility index (Phi) is 6.83. The number of hydrogen-bond acceptors (Lipinski definition) is 2. The summed E-state index contributed by atoms with van der Waals surface area (Å²) in [5, 5.41) is 0. The van der Waals surface area contributed by atoms with Gasteiger partial charge in [0.2, 0.25) is 0 Å². The highest BCUT2D eigenvalue weighted by atomic mass is 19.2. The minimum Gasteiger partial charge on any atom is -0.426 e. The summed E-state index contributed by atoms with van der Waals surface area (Å²) < 4.78 is 44.6. The van der Waals surface area contributed by atoms with Gasteiger partial charge in [-0.2, -0.15) is 0 Å². The third-order valence-corrected chi connectivity index (χ3v) is 6.54. The summed E-state index contributed by atoms with van der Waals surface area (Å²) in [6.07, 6.45) is 11.4. The first kappa shape index (κ1) is 20.2. The number of halogens is 3. The van der Waals surface area contributed by atoms with Crippen LogP contribution >= 0.6 is 0 Å². The predicted molar refractivity (Wildman–Crippen MR) is 97.8 cm³/mol. The summed E-state index contributed by atoms with van der Waals surface area (Å²) in [5.74, 6) is -2.88. The average Bonchev–Trinajstić information content (AvgIpc) is 2.67. The predicted octanol–water partition coefficient (Wildman–Crippen LogP) is 6.42. The minimum absolute atomic E-state index is 0.242. The van der Waals surface area contributed by atoms with Crippen molar-refractivity contribution in [2.24, 2.45) is 23.7 Å². The van der Waals surface area contributed by atoms with Crippen LogP contribution in [-0.4, -0.2) is 5.97 Å². The van der Waals surface area contributed by atoms with Crippen molar-refractivity contribution >= 4 is 5.97 Å². The summed E-state index contributed by atoms with van der Waals surface area (Å²) in [4.78, 5) is 12.3. The van der Waals surface area contributed by atoms with E-state index >= 15 is 0 Å². The van der Waals surface area contributed by atoms with Crippen molar-refractivity contribution in [3.05, 3.63) is 29.6 Å². The van der Waals surface area contributed by atoms with E-state index in [2.05, 4.69) is 6.92 Å². The van der Waals surface area contributed by atoms with Crippen LogP contribution in [0.1, 0.15) is 71.1 Å². The lowest BCUT2D eigenvalue weighted by molar-refractivity contribution is -0.140. The molecule has 0 aliphatic heterocycles. The van der Waals surface area contributed by atoms with Gasteiger partial charge in [-0.1, -0.05) is 32.6 Å². The molecule has 0 N–H and O–H groups in total. The fourth-order valence-electron chi connectivity index (χ4n) is 4.97. The van der Waals surface area contributed by atoms with E-state index in [0.717, 1.165) is 49.7 Å². The van der Waals surface area contributed by atoms with Crippen molar-refractivity contribution in [2.45, 2.75) is 71.1 Å². The summed E-state index contributed by atoms with van der Waals surface area (Å²) >= 11 is 0. The smallest absolute Gasteiger partial charge is 0.314 e. The van der Waals surface area contributed by atoms with E-state index in [1.807, 2.05) is 0 Å². The Morgan fingerprint density at radius 3 is 1.96 bits per heavy atom.